The van der Waals surface area contributed by atoms with Crippen LogP contribution in [0.2, 0.25) is 0 Å². The molecule has 0 heterocycles. The van der Waals surface area contributed by atoms with Gasteiger partial charge in [0.15, 0.2) is 0 Å². The van der Waals surface area contributed by atoms with Crippen molar-refractivity contribution in [3.8, 4) is 0 Å². The molecule has 0 saturated heterocycles. The minimum Gasteiger partial charge on any atom is -0.324 e. The largest absolute Gasteiger partial charge is 0.324 e. The van der Waals surface area contributed by atoms with Gasteiger partial charge in [-0.1, -0.05) is 44.5 Å². The zero-order valence-electron chi connectivity index (χ0n) is 10.4. The highest BCUT2D eigenvalue weighted by atomic mass is 14.7. The summed E-state index contributed by atoms with van der Waals surface area (Å²) in [4.78, 5) is 0. The number of fused-ring (bicyclic) bond motifs is 1. The van der Waals surface area contributed by atoms with E-state index in [0.29, 0.717) is 5.92 Å². The molecule has 0 fully saturated rings. The Morgan fingerprint density at radius 3 is 2.81 bits per heavy atom. The molecule has 0 amide bonds. The highest BCUT2D eigenvalue weighted by Gasteiger charge is 2.25. The molecule has 1 nitrogen and oxygen atoms in total. The van der Waals surface area contributed by atoms with E-state index in [-0.39, 0.29) is 6.04 Å². The minimum absolute atomic E-state index is 0.267. The Morgan fingerprint density at radius 1 is 1.31 bits per heavy atom. The first-order valence-corrected chi connectivity index (χ1v) is 6.52. The second-order valence-electron chi connectivity index (χ2n) is 5.49. The monoisotopic (exact) mass is 217 g/mol. The molecule has 1 aliphatic rings. The summed E-state index contributed by atoms with van der Waals surface area (Å²) in [5, 5.41) is 0. The van der Waals surface area contributed by atoms with Crippen LogP contribution in [-0.2, 0) is 6.42 Å². The predicted octanol–water partition coefficient (Wildman–Crippen LogP) is 3.69. The third kappa shape index (κ3) is 2.46. The molecule has 1 aromatic carbocycles. The van der Waals surface area contributed by atoms with Crippen LogP contribution in [0.4, 0.5) is 0 Å². The van der Waals surface area contributed by atoms with Crippen LogP contribution in [0.25, 0.3) is 0 Å². The van der Waals surface area contributed by atoms with Crippen molar-refractivity contribution < 1.29 is 0 Å². The molecule has 1 aliphatic carbocycles. The van der Waals surface area contributed by atoms with Crippen molar-refractivity contribution >= 4 is 0 Å². The van der Waals surface area contributed by atoms with E-state index in [2.05, 4.69) is 38.1 Å². The van der Waals surface area contributed by atoms with E-state index in [0.717, 1.165) is 5.92 Å². The van der Waals surface area contributed by atoms with Crippen molar-refractivity contribution in [2.75, 3.05) is 0 Å². The van der Waals surface area contributed by atoms with Crippen molar-refractivity contribution in [2.24, 2.45) is 17.6 Å². The van der Waals surface area contributed by atoms with Gasteiger partial charge in [0.1, 0.15) is 0 Å². The van der Waals surface area contributed by atoms with Gasteiger partial charge in [-0.25, -0.2) is 0 Å². The zero-order valence-corrected chi connectivity index (χ0v) is 10.4. The normalized spacial score (nSPS) is 24.5. The lowest BCUT2D eigenvalue weighted by molar-refractivity contribution is 0.328. The quantitative estimate of drug-likeness (QED) is 0.821. The maximum Gasteiger partial charge on any atom is 0.0326 e. The fourth-order valence-corrected chi connectivity index (χ4v) is 2.73. The number of hydrogen-bond acceptors (Lipinski definition) is 1. The Hall–Kier alpha value is -0.820. The van der Waals surface area contributed by atoms with Gasteiger partial charge in [0.2, 0.25) is 0 Å². The van der Waals surface area contributed by atoms with Crippen LogP contribution >= 0.6 is 0 Å². The van der Waals surface area contributed by atoms with Crippen molar-refractivity contribution in [2.45, 2.75) is 45.6 Å². The lowest BCUT2D eigenvalue weighted by atomic mass is 9.77. The summed E-state index contributed by atoms with van der Waals surface area (Å²) in [7, 11) is 0. The third-order valence-electron chi connectivity index (χ3n) is 3.82. The van der Waals surface area contributed by atoms with Crippen molar-refractivity contribution in [1.82, 2.24) is 0 Å². The second kappa shape index (κ2) is 5.01. The van der Waals surface area contributed by atoms with E-state index < -0.39 is 0 Å². The Bertz CT molecular complexity index is 343. The molecule has 1 heteroatoms. The van der Waals surface area contributed by atoms with Crippen LogP contribution in [0.15, 0.2) is 24.3 Å². The average molecular weight is 217 g/mol. The first-order valence-electron chi connectivity index (χ1n) is 6.52. The molecule has 2 atom stereocenters. The standard InChI is InChI=1S/C15H23N/c1-11(2)7-8-13-10-9-12-5-3-4-6-14(12)15(13)16/h3-6,11,13,15H,7-10,16H2,1-2H3. The molecule has 0 aliphatic heterocycles. The number of aryl methyl sites for hydroxylation is 1. The van der Waals surface area contributed by atoms with E-state index in [1.807, 2.05) is 0 Å². The van der Waals surface area contributed by atoms with Gasteiger partial charge < -0.3 is 5.73 Å². The van der Waals surface area contributed by atoms with Crippen LogP contribution in [0, 0.1) is 11.8 Å². The number of nitrogens with two attached hydrogens (primary N) is 1. The summed E-state index contributed by atoms with van der Waals surface area (Å²) in [6.45, 7) is 4.59. The minimum atomic E-state index is 0.267. The van der Waals surface area contributed by atoms with E-state index in [4.69, 9.17) is 5.73 Å². The highest BCUT2D eigenvalue weighted by molar-refractivity contribution is 5.32. The number of benzene rings is 1. The van der Waals surface area contributed by atoms with Gasteiger partial charge in [0.05, 0.1) is 0 Å². The molecule has 2 N–H and O–H groups in total. The van der Waals surface area contributed by atoms with Crippen LogP contribution in [0.5, 0.6) is 0 Å². The van der Waals surface area contributed by atoms with E-state index in [1.165, 1.54) is 36.8 Å². The van der Waals surface area contributed by atoms with Crippen LogP contribution in [-0.4, -0.2) is 0 Å². The van der Waals surface area contributed by atoms with E-state index in [1.54, 1.807) is 0 Å². The molecule has 2 rings (SSSR count). The topological polar surface area (TPSA) is 26.0 Å². The predicted molar refractivity (Wildman–Crippen MR) is 69.3 cm³/mol. The van der Waals surface area contributed by atoms with Gasteiger partial charge >= 0.3 is 0 Å². The summed E-state index contributed by atoms with van der Waals surface area (Å²) in [6.07, 6.45) is 5.07. The second-order valence-corrected chi connectivity index (χ2v) is 5.49. The van der Waals surface area contributed by atoms with Crippen molar-refractivity contribution in [3.05, 3.63) is 35.4 Å². The highest BCUT2D eigenvalue weighted by Crippen LogP contribution is 2.35. The molecule has 0 aromatic heterocycles. The molecule has 0 radical (unpaired) electrons. The van der Waals surface area contributed by atoms with Gasteiger partial charge in [0, 0.05) is 6.04 Å². The SMILES string of the molecule is CC(C)CCC1CCc2ccccc2C1N. The average Bonchev–Trinajstić information content (AvgIpc) is 2.28. The molecule has 16 heavy (non-hydrogen) atoms. The summed E-state index contributed by atoms with van der Waals surface area (Å²) in [5.41, 5.74) is 9.24. The Labute approximate surface area is 99.0 Å². The molecule has 0 spiro atoms. The first-order chi connectivity index (χ1) is 7.68. The Balaban J connectivity index is 2.06. The molecular weight excluding hydrogens is 194 g/mol. The zero-order chi connectivity index (χ0) is 11.5. The smallest absolute Gasteiger partial charge is 0.0326 e. The summed E-state index contributed by atoms with van der Waals surface area (Å²) in [5.74, 6) is 1.49. The van der Waals surface area contributed by atoms with Crippen LogP contribution in [0.3, 0.4) is 0 Å². The van der Waals surface area contributed by atoms with Crippen LogP contribution in [0.1, 0.15) is 50.3 Å². The maximum atomic E-state index is 6.38. The summed E-state index contributed by atoms with van der Waals surface area (Å²) >= 11 is 0. The van der Waals surface area contributed by atoms with Gasteiger partial charge in [-0.05, 0) is 42.2 Å². The fraction of sp³-hybridized carbons (Fsp3) is 0.600. The lowest BCUT2D eigenvalue weighted by Crippen LogP contribution is -2.27. The van der Waals surface area contributed by atoms with E-state index in [9.17, 15) is 0 Å². The fourth-order valence-electron chi connectivity index (χ4n) is 2.73. The summed E-state index contributed by atoms with van der Waals surface area (Å²) in [6, 6.07) is 8.95. The molecule has 88 valence electrons. The molecule has 1 aromatic rings. The molecule has 2 unspecified atom stereocenters. The third-order valence-corrected chi connectivity index (χ3v) is 3.82. The first kappa shape index (κ1) is 11.7. The molecule has 0 saturated carbocycles. The Kier molecular flexibility index (Phi) is 3.65. The number of rotatable bonds is 3. The number of hydrogen-bond donors (Lipinski definition) is 1. The van der Waals surface area contributed by atoms with Gasteiger partial charge in [-0.3, -0.25) is 0 Å². The molecule has 0 bridgehead atoms. The maximum absolute atomic E-state index is 6.38. The molecular formula is C15H23N. The summed E-state index contributed by atoms with van der Waals surface area (Å²) < 4.78 is 0. The van der Waals surface area contributed by atoms with E-state index >= 15 is 0 Å². The van der Waals surface area contributed by atoms with Crippen molar-refractivity contribution in [3.63, 3.8) is 0 Å². The lowest BCUT2D eigenvalue weighted by Gasteiger charge is -2.31. The van der Waals surface area contributed by atoms with Crippen LogP contribution < -0.4 is 5.73 Å². The van der Waals surface area contributed by atoms with Crippen molar-refractivity contribution in [1.29, 1.82) is 0 Å². The Morgan fingerprint density at radius 2 is 2.06 bits per heavy atom. The van der Waals surface area contributed by atoms with Gasteiger partial charge in [0.25, 0.3) is 0 Å². The van der Waals surface area contributed by atoms with Gasteiger partial charge in [-0.2, -0.15) is 0 Å². The van der Waals surface area contributed by atoms with Gasteiger partial charge in [-0.15, -0.1) is 0 Å².